The highest BCUT2D eigenvalue weighted by Crippen LogP contribution is 2.14. The number of carboxylic acid groups (broad SMARTS) is 5. The zero-order valence-electron chi connectivity index (χ0n) is 25.1. The number of aliphatic carboxylic acids is 3. The van der Waals surface area contributed by atoms with E-state index >= 15 is 0 Å². The molecule has 2 rings (SSSR count). The Bertz CT molecular complexity index is 1270. The summed E-state index contributed by atoms with van der Waals surface area (Å²) in [4.78, 5) is 87.9. The standard InChI is InChI=1S/C27H39N7O12/c1-31-7-9-33(26(43)44)11-12-34(27(45)46)10-8-32(16-21(36)37)15-19(31)14-20(35)30-18-4-2-3-17(13-18)23(38)29-6-5-28-22(24(39)40)25(41)42/h2-4,13,19,22,28H,5-12,14-16H2,1H3,(H,29,38)(H,30,35)(H,36,37)(H,39,40)(H,41,42)(H,43,44)(H,45,46). The second-order valence-corrected chi connectivity index (χ2v) is 10.5. The molecule has 46 heavy (non-hydrogen) atoms. The van der Waals surface area contributed by atoms with Crippen molar-refractivity contribution in [1.29, 1.82) is 0 Å². The molecule has 1 unspecified atom stereocenters. The van der Waals surface area contributed by atoms with Gasteiger partial charge in [-0.1, -0.05) is 6.07 Å². The molecule has 19 heteroatoms. The molecular weight excluding hydrogens is 614 g/mol. The fourth-order valence-electron chi connectivity index (χ4n) is 4.59. The first-order chi connectivity index (χ1) is 21.7. The lowest BCUT2D eigenvalue weighted by molar-refractivity contribution is -0.151. The van der Waals surface area contributed by atoms with Crippen LogP contribution < -0.4 is 16.0 Å². The van der Waals surface area contributed by atoms with Crippen molar-refractivity contribution in [3.63, 3.8) is 0 Å². The second kappa shape index (κ2) is 18.1. The minimum Gasteiger partial charge on any atom is -0.480 e. The number of nitrogens with zero attached hydrogens (tertiary/aromatic N) is 4. The summed E-state index contributed by atoms with van der Waals surface area (Å²) in [5, 5.41) is 53.8. The molecule has 0 spiro atoms. The molecule has 254 valence electrons. The van der Waals surface area contributed by atoms with Crippen LogP contribution >= 0.6 is 0 Å². The molecule has 0 aliphatic carbocycles. The van der Waals surface area contributed by atoms with E-state index in [9.17, 15) is 48.9 Å². The zero-order valence-corrected chi connectivity index (χ0v) is 25.1. The monoisotopic (exact) mass is 653 g/mol. The van der Waals surface area contributed by atoms with Crippen molar-refractivity contribution in [2.45, 2.75) is 18.5 Å². The third-order valence-corrected chi connectivity index (χ3v) is 7.12. The number of carbonyl (C=O) groups excluding carboxylic acids is 2. The van der Waals surface area contributed by atoms with Crippen LogP contribution in [0.1, 0.15) is 16.8 Å². The Morgan fingerprint density at radius 2 is 1.41 bits per heavy atom. The normalized spacial score (nSPS) is 17.0. The Morgan fingerprint density at radius 3 is 1.98 bits per heavy atom. The molecule has 1 aliphatic rings. The van der Waals surface area contributed by atoms with Gasteiger partial charge in [0.2, 0.25) is 11.9 Å². The number of rotatable bonds is 12. The van der Waals surface area contributed by atoms with Crippen LogP contribution in [0, 0.1) is 0 Å². The number of amides is 4. The van der Waals surface area contributed by atoms with E-state index in [4.69, 9.17) is 10.2 Å². The number of anilines is 1. The lowest BCUT2D eigenvalue weighted by atomic mass is 10.1. The van der Waals surface area contributed by atoms with Crippen molar-refractivity contribution in [3.8, 4) is 0 Å². The first kappa shape index (κ1) is 37.2. The first-order valence-electron chi connectivity index (χ1n) is 14.1. The topological polar surface area (TPSA) is 270 Å². The number of carboxylic acids is 3. The van der Waals surface area contributed by atoms with E-state index in [0.717, 1.165) is 9.80 Å². The van der Waals surface area contributed by atoms with Gasteiger partial charge in [-0.15, -0.1) is 0 Å². The van der Waals surface area contributed by atoms with Gasteiger partial charge in [0.1, 0.15) is 0 Å². The van der Waals surface area contributed by atoms with E-state index < -0.39 is 60.5 Å². The van der Waals surface area contributed by atoms with Gasteiger partial charge in [0.15, 0.2) is 0 Å². The maximum atomic E-state index is 13.1. The third kappa shape index (κ3) is 12.5. The summed E-state index contributed by atoms with van der Waals surface area (Å²) in [5.41, 5.74) is 0.415. The highest BCUT2D eigenvalue weighted by molar-refractivity contribution is 5.98. The minimum absolute atomic E-state index is 0.0102. The Labute approximate surface area is 263 Å². The number of hydrogen-bond acceptors (Lipinski definition) is 10. The van der Waals surface area contributed by atoms with Crippen LogP contribution in [-0.4, -0.2) is 172 Å². The smallest absolute Gasteiger partial charge is 0.407 e. The predicted molar refractivity (Wildman–Crippen MR) is 159 cm³/mol. The van der Waals surface area contributed by atoms with E-state index in [0.29, 0.717) is 0 Å². The van der Waals surface area contributed by atoms with Gasteiger partial charge in [-0.25, -0.2) is 19.2 Å². The van der Waals surface area contributed by atoms with Crippen LogP contribution in [0.25, 0.3) is 0 Å². The lowest BCUT2D eigenvalue weighted by Gasteiger charge is -2.35. The summed E-state index contributed by atoms with van der Waals surface area (Å²) in [6, 6.07) is 3.47. The Kier molecular flexibility index (Phi) is 14.6. The molecule has 1 aliphatic heterocycles. The summed E-state index contributed by atoms with van der Waals surface area (Å²) >= 11 is 0. The van der Waals surface area contributed by atoms with Crippen LogP contribution in [0.5, 0.6) is 0 Å². The molecule has 19 nitrogen and oxygen atoms in total. The second-order valence-electron chi connectivity index (χ2n) is 10.5. The summed E-state index contributed by atoms with van der Waals surface area (Å²) in [7, 11) is 1.67. The SMILES string of the molecule is CN1CCN(C(=O)O)CCN(C(=O)O)CCN(CC(=O)O)CC1CC(=O)Nc1cccc(C(=O)NCCNC(C(=O)O)C(=O)O)c1. The lowest BCUT2D eigenvalue weighted by Crippen LogP contribution is -2.52. The average Bonchev–Trinajstić information content (AvgIpc) is 2.96. The molecule has 1 saturated heterocycles. The predicted octanol–water partition coefficient (Wildman–Crippen LogP) is -1.47. The average molecular weight is 654 g/mol. The quantitative estimate of drug-likeness (QED) is 0.0945. The molecule has 0 radical (unpaired) electrons. The first-order valence-corrected chi connectivity index (χ1v) is 14.1. The van der Waals surface area contributed by atoms with Crippen molar-refractivity contribution >= 4 is 47.6 Å². The maximum Gasteiger partial charge on any atom is 0.407 e. The third-order valence-electron chi connectivity index (χ3n) is 7.12. The van der Waals surface area contributed by atoms with Gasteiger partial charge in [0.05, 0.1) is 6.54 Å². The fraction of sp³-hybridized carbons (Fsp3) is 0.519. The highest BCUT2D eigenvalue weighted by atomic mass is 16.4. The van der Waals surface area contributed by atoms with Crippen LogP contribution in [-0.2, 0) is 19.2 Å². The molecule has 0 bridgehead atoms. The molecule has 1 heterocycles. The number of hydrogen-bond donors (Lipinski definition) is 8. The summed E-state index contributed by atoms with van der Waals surface area (Å²) in [5.74, 6) is -5.36. The van der Waals surface area contributed by atoms with Gasteiger partial charge in [-0.05, 0) is 25.2 Å². The molecule has 0 aromatic heterocycles. The molecule has 1 aromatic rings. The van der Waals surface area contributed by atoms with E-state index in [-0.39, 0.29) is 76.6 Å². The van der Waals surface area contributed by atoms with Gasteiger partial charge in [0, 0.05) is 82.6 Å². The Morgan fingerprint density at radius 1 is 0.826 bits per heavy atom. The number of benzene rings is 1. The van der Waals surface area contributed by atoms with Crippen molar-refractivity contribution in [2.24, 2.45) is 0 Å². The van der Waals surface area contributed by atoms with Gasteiger partial charge in [-0.3, -0.25) is 29.5 Å². The van der Waals surface area contributed by atoms with Crippen molar-refractivity contribution in [3.05, 3.63) is 29.8 Å². The summed E-state index contributed by atoms with van der Waals surface area (Å²) in [6.07, 6.45) is -2.66. The Hall–Kier alpha value is -5.01. The van der Waals surface area contributed by atoms with Crippen LogP contribution in [0.2, 0.25) is 0 Å². The molecular formula is C27H39N7O12. The van der Waals surface area contributed by atoms with Crippen LogP contribution in [0.15, 0.2) is 24.3 Å². The zero-order chi connectivity index (χ0) is 34.4. The molecule has 1 atom stereocenters. The Balaban J connectivity index is 2.11. The molecule has 8 N–H and O–H groups in total. The minimum atomic E-state index is -1.83. The number of likely N-dealkylation sites (N-methyl/N-ethyl adjacent to an activating group) is 1. The van der Waals surface area contributed by atoms with Gasteiger partial charge >= 0.3 is 30.1 Å². The molecule has 4 amide bonds. The largest absolute Gasteiger partial charge is 0.480 e. The molecule has 1 fully saturated rings. The van der Waals surface area contributed by atoms with E-state index in [1.165, 1.54) is 29.2 Å². The fourth-order valence-corrected chi connectivity index (χ4v) is 4.59. The van der Waals surface area contributed by atoms with Crippen molar-refractivity contribution in [1.82, 2.24) is 30.2 Å². The van der Waals surface area contributed by atoms with Crippen molar-refractivity contribution < 1.29 is 59.1 Å². The van der Waals surface area contributed by atoms with Gasteiger partial charge < -0.3 is 46.0 Å². The van der Waals surface area contributed by atoms with E-state index in [1.807, 2.05) is 0 Å². The molecule has 0 saturated carbocycles. The van der Waals surface area contributed by atoms with Crippen LogP contribution in [0.4, 0.5) is 15.3 Å². The maximum absolute atomic E-state index is 13.1. The number of carbonyl (C=O) groups is 7. The van der Waals surface area contributed by atoms with E-state index in [2.05, 4.69) is 16.0 Å². The summed E-state index contributed by atoms with van der Waals surface area (Å²) < 4.78 is 0. The number of nitrogens with one attached hydrogen (secondary N) is 3. The summed E-state index contributed by atoms with van der Waals surface area (Å²) in [6.45, 7) is -0.653. The molecule has 1 aromatic carbocycles. The highest BCUT2D eigenvalue weighted by Gasteiger charge is 2.27. The van der Waals surface area contributed by atoms with E-state index in [1.54, 1.807) is 11.9 Å². The van der Waals surface area contributed by atoms with Gasteiger partial charge in [0.25, 0.3) is 5.91 Å². The van der Waals surface area contributed by atoms with Crippen molar-refractivity contribution in [2.75, 3.05) is 77.8 Å². The van der Waals surface area contributed by atoms with Crippen LogP contribution in [0.3, 0.4) is 0 Å². The van der Waals surface area contributed by atoms with Gasteiger partial charge in [-0.2, -0.15) is 0 Å².